The Bertz CT molecular complexity index is 644. The Hall–Kier alpha value is -2.08. The summed E-state index contributed by atoms with van der Waals surface area (Å²) in [6.45, 7) is 2.16. The van der Waals surface area contributed by atoms with Crippen LogP contribution >= 0.6 is 0 Å². The maximum atomic E-state index is 13.1. The molecular formula is C20H29N3O3. The number of likely N-dealkylation sites (tertiary alicyclic amines) is 1. The number of likely N-dealkylation sites (N-methyl/N-ethyl adjacent to an activating group) is 1. The van der Waals surface area contributed by atoms with Crippen LogP contribution in [0.5, 0.6) is 5.75 Å². The van der Waals surface area contributed by atoms with Gasteiger partial charge in [-0.3, -0.25) is 9.59 Å². The van der Waals surface area contributed by atoms with Gasteiger partial charge in [0.25, 0.3) is 0 Å². The average molecular weight is 359 g/mol. The van der Waals surface area contributed by atoms with Gasteiger partial charge in [0.05, 0.1) is 13.0 Å². The van der Waals surface area contributed by atoms with Crippen LogP contribution < -0.4 is 9.64 Å². The zero-order valence-corrected chi connectivity index (χ0v) is 16.0. The van der Waals surface area contributed by atoms with Gasteiger partial charge in [-0.25, -0.2) is 0 Å². The molecule has 2 amide bonds. The number of rotatable bonds is 5. The van der Waals surface area contributed by atoms with Gasteiger partial charge in [0, 0.05) is 37.8 Å². The average Bonchev–Trinajstić information content (AvgIpc) is 3.03. The molecule has 1 aromatic carbocycles. The molecule has 0 saturated carbocycles. The Balaban J connectivity index is 1.69. The first kappa shape index (κ1) is 18.7. The lowest BCUT2D eigenvalue weighted by Gasteiger charge is -2.38. The molecule has 1 aromatic rings. The van der Waals surface area contributed by atoms with Gasteiger partial charge in [0.2, 0.25) is 11.8 Å². The lowest BCUT2D eigenvalue weighted by atomic mass is 9.98. The van der Waals surface area contributed by atoms with E-state index in [2.05, 4.69) is 4.90 Å². The molecule has 2 fully saturated rings. The Morgan fingerprint density at radius 1 is 1.23 bits per heavy atom. The highest BCUT2D eigenvalue weighted by atomic mass is 16.5. The van der Waals surface area contributed by atoms with Crippen LogP contribution in [0.4, 0.5) is 5.69 Å². The fourth-order valence-corrected chi connectivity index (χ4v) is 4.02. The van der Waals surface area contributed by atoms with Crippen LogP contribution in [0.2, 0.25) is 0 Å². The second-order valence-corrected chi connectivity index (χ2v) is 7.55. The van der Waals surface area contributed by atoms with Crippen LogP contribution in [0, 0.1) is 5.92 Å². The number of anilines is 1. The first-order chi connectivity index (χ1) is 12.5. The molecule has 0 bridgehead atoms. The molecule has 0 N–H and O–H groups in total. The third-order valence-electron chi connectivity index (χ3n) is 5.34. The fourth-order valence-electron chi connectivity index (χ4n) is 4.02. The van der Waals surface area contributed by atoms with Crippen molar-refractivity contribution in [2.24, 2.45) is 5.92 Å². The van der Waals surface area contributed by atoms with E-state index in [1.807, 2.05) is 43.3 Å². The first-order valence-electron chi connectivity index (χ1n) is 9.39. The fraction of sp³-hybridized carbons (Fsp3) is 0.600. The lowest BCUT2D eigenvalue weighted by molar-refractivity contribution is -0.139. The number of hydrogen-bond acceptors (Lipinski definition) is 4. The first-order valence-corrected chi connectivity index (χ1v) is 9.39. The van der Waals surface area contributed by atoms with Crippen LogP contribution in [0.3, 0.4) is 0 Å². The molecule has 0 aromatic heterocycles. The predicted octanol–water partition coefficient (Wildman–Crippen LogP) is 1.99. The van der Waals surface area contributed by atoms with E-state index in [1.54, 1.807) is 12.0 Å². The molecule has 0 radical (unpaired) electrons. The largest absolute Gasteiger partial charge is 0.497 e. The summed E-state index contributed by atoms with van der Waals surface area (Å²) < 4.78 is 5.17. The quantitative estimate of drug-likeness (QED) is 0.807. The summed E-state index contributed by atoms with van der Waals surface area (Å²) in [7, 11) is 5.71. The second kappa shape index (κ2) is 8.08. The van der Waals surface area contributed by atoms with Gasteiger partial charge in [-0.15, -0.1) is 0 Å². The smallest absolute Gasteiger partial charge is 0.228 e. The molecule has 6 nitrogen and oxygen atoms in total. The van der Waals surface area contributed by atoms with Crippen LogP contribution in [0.15, 0.2) is 24.3 Å². The lowest BCUT2D eigenvalue weighted by Crippen LogP contribution is -2.50. The number of nitrogens with zero attached hydrogens (tertiary/aromatic N) is 3. The Morgan fingerprint density at radius 2 is 1.96 bits per heavy atom. The number of benzene rings is 1. The van der Waals surface area contributed by atoms with E-state index >= 15 is 0 Å². The van der Waals surface area contributed by atoms with E-state index < -0.39 is 0 Å². The summed E-state index contributed by atoms with van der Waals surface area (Å²) >= 11 is 0. The van der Waals surface area contributed by atoms with E-state index in [1.165, 1.54) is 6.42 Å². The van der Waals surface area contributed by atoms with Crippen molar-refractivity contribution < 1.29 is 14.3 Å². The standard InChI is InChI=1S/C20H29N3O3/c1-21(2)14-17-6-4-5-11-22(17)20(25)15-12-19(24)23(13-15)16-7-9-18(26-3)10-8-16/h7-10,15,17H,4-6,11-14H2,1-3H3. The van der Waals surface area contributed by atoms with E-state index in [-0.39, 0.29) is 23.8 Å². The topological polar surface area (TPSA) is 53.1 Å². The van der Waals surface area contributed by atoms with E-state index in [0.717, 1.165) is 37.4 Å². The number of carbonyl (C=O) groups excluding carboxylic acids is 2. The molecule has 0 aliphatic carbocycles. The molecule has 2 atom stereocenters. The van der Waals surface area contributed by atoms with Gasteiger partial charge in [-0.1, -0.05) is 0 Å². The monoisotopic (exact) mass is 359 g/mol. The molecule has 26 heavy (non-hydrogen) atoms. The minimum Gasteiger partial charge on any atom is -0.497 e. The van der Waals surface area contributed by atoms with Crippen LogP contribution in [-0.4, -0.2) is 68.5 Å². The van der Waals surface area contributed by atoms with Crippen molar-refractivity contribution in [3.8, 4) is 5.75 Å². The van der Waals surface area contributed by atoms with Crippen molar-refractivity contribution in [3.05, 3.63) is 24.3 Å². The summed E-state index contributed by atoms with van der Waals surface area (Å²) in [5.41, 5.74) is 0.828. The summed E-state index contributed by atoms with van der Waals surface area (Å²) in [5.74, 6) is 0.677. The minimum atomic E-state index is -0.243. The zero-order valence-electron chi connectivity index (χ0n) is 16.0. The number of piperidine rings is 1. The molecule has 0 spiro atoms. The van der Waals surface area contributed by atoms with Crippen molar-refractivity contribution in [3.63, 3.8) is 0 Å². The Kier molecular flexibility index (Phi) is 5.81. The Morgan fingerprint density at radius 3 is 2.62 bits per heavy atom. The van der Waals surface area contributed by atoms with Gasteiger partial charge in [0.1, 0.15) is 5.75 Å². The summed E-state index contributed by atoms with van der Waals surface area (Å²) in [6.07, 6.45) is 3.57. The van der Waals surface area contributed by atoms with E-state index in [9.17, 15) is 9.59 Å². The maximum Gasteiger partial charge on any atom is 0.228 e. The number of amides is 2. The number of ether oxygens (including phenoxy) is 1. The number of carbonyl (C=O) groups is 2. The molecule has 2 unspecified atom stereocenters. The maximum absolute atomic E-state index is 13.1. The van der Waals surface area contributed by atoms with Gasteiger partial charge in [0.15, 0.2) is 0 Å². The van der Waals surface area contributed by atoms with Crippen molar-refractivity contribution >= 4 is 17.5 Å². The molecule has 6 heteroatoms. The van der Waals surface area contributed by atoms with E-state index in [4.69, 9.17) is 4.74 Å². The highest BCUT2D eigenvalue weighted by Gasteiger charge is 2.39. The third kappa shape index (κ3) is 4.01. The second-order valence-electron chi connectivity index (χ2n) is 7.55. The molecule has 2 aliphatic heterocycles. The van der Waals surface area contributed by atoms with Gasteiger partial charge in [-0.05, 0) is 57.6 Å². The Labute approximate surface area is 155 Å². The van der Waals surface area contributed by atoms with Gasteiger partial charge >= 0.3 is 0 Å². The van der Waals surface area contributed by atoms with Crippen molar-refractivity contribution in [1.29, 1.82) is 0 Å². The molecule has 2 saturated heterocycles. The summed E-state index contributed by atoms with van der Waals surface area (Å²) in [6, 6.07) is 7.69. The molecule has 142 valence electrons. The number of methoxy groups -OCH3 is 1. The highest BCUT2D eigenvalue weighted by Crippen LogP contribution is 2.29. The summed E-state index contributed by atoms with van der Waals surface area (Å²) in [4.78, 5) is 31.5. The SMILES string of the molecule is COc1ccc(N2CC(C(=O)N3CCCCC3CN(C)C)CC2=O)cc1. The molecular weight excluding hydrogens is 330 g/mol. The van der Waals surface area contributed by atoms with Crippen molar-refractivity contribution in [2.45, 2.75) is 31.7 Å². The van der Waals surface area contributed by atoms with Crippen molar-refractivity contribution in [2.75, 3.05) is 45.7 Å². The molecule has 3 rings (SSSR count). The molecule has 2 heterocycles. The molecule has 2 aliphatic rings. The minimum absolute atomic E-state index is 0.0229. The highest BCUT2D eigenvalue weighted by molar-refractivity contribution is 6.00. The van der Waals surface area contributed by atoms with Crippen LogP contribution in [0.25, 0.3) is 0 Å². The van der Waals surface area contributed by atoms with Crippen LogP contribution in [0.1, 0.15) is 25.7 Å². The number of hydrogen-bond donors (Lipinski definition) is 0. The van der Waals surface area contributed by atoms with Crippen LogP contribution in [-0.2, 0) is 9.59 Å². The predicted molar refractivity (Wildman–Crippen MR) is 101 cm³/mol. The van der Waals surface area contributed by atoms with Crippen molar-refractivity contribution in [1.82, 2.24) is 9.80 Å². The summed E-state index contributed by atoms with van der Waals surface area (Å²) in [5, 5.41) is 0. The van der Waals surface area contributed by atoms with Gasteiger partial charge in [-0.2, -0.15) is 0 Å². The van der Waals surface area contributed by atoms with Gasteiger partial charge < -0.3 is 19.4 Å². The normalized spacial score (nSPS) is 23.6. The third-order valence-corrected chi connectivity index (χ3v) is 5.34. The van der Waals surface area contributed by atoms with E-state index in [0.29, 0.717) is 13.0 Å². The zero-order chi connectivity index (χ0) is 18.7.